The van der Waals surface area contributed by atoms with Crippen molar-refractivity contribution in [3.8, 4) is 17.2 Å². The van der Waals surface area contributed by atoms with E-state index in [0.717, 1.165) is 0 Å². The van der Waals surface area contributed by atoms with Gasteiger partial charge < -0.3 is 4.98 Å². The van der Waals surface area contributed by atoms with Crippen molar-refractivity contribution >= 4 is 28.2 Å². The van der Waals surface area contributed by atoms with Crippen LogP contribution in [0, 0.1) is 21.4 Å². The van der Waals surface area contributed by atoms with Crippen molar-refractivity contribution in [1.29, 1.82) is 5.26 Å². The molecule has 0 saturated carbocycles. The minimum absolute atomic E-state index is 0.0284. The number of halogens is 1. The third-order valence-electron chi connectivity index (χ3n) is 3.25. The molecule has 0 aliphatic rings. The molecule has 0 aliphatic carbocycles. The van der Waals surface area contributed by atoms with Gasteiger partial charge in [-0.25, -0.2) is 0 Å². The van der Waals surface area contributed by atoms with Gasteiger partial charge in [-0.15, -0.1) is 0 Å². The Kier molecular flexibility index (Phi) is 3.09. The maximum absolute atomic E-state index is 10.9. The van der Waals surface area contributed by atoms with Crippen LogP contribution in [0.25, 0.3) is 22.0 Å². The molecule has 6 heteroatoms. The summed E-state index contributed by atoms with van der Waals surface area (Å²) in [4.78, 5) is 13.4. The Morgan fingerprint density at radius 2 is 2.00 bits per heavy atom. The quantitative estimate of drug-likeness (QED) is 0.566. The first-order chi connectivity index (χ1) is 10.1. The number of nitro groups is 1. The van der Waals surface area contributed by atoms with Crippen LogP contribution in [0.3, 0.4) is 0 Å². The Labute approximate surface area is 124 Å². The van der Waals surface area contributed by atoms with Crippen LogP contribution >= 0.6 is 11.6 Å². The second-order valence-electron chi connectivity index (χ2n) is 4.45. The second kappa shape index (κ2) is 4.93. The van der Waals surface area contributed by atoms with Crippen molar-refractivity contribution in [3.05, 3.63) is 63.3 Å². The van der Waals surface area contributed by atoms with Crippen LogP contribution < -0.4 is 0 Å². The molecule has 3 rings (SSSR count). The molecule has 0 bridgehead atoms. The van der Waals surface area contributed by atoms with Crippen LogP contribution in [-0.2, 0) is 0 Å². The molecule has 5 nitrogen and oxygen atoms in total. The number of aromatic nitrogens is 1. The Hall–Kier alpha value is -2.84. The molecule has 0 radical (unpaired) electrons. The van der Waals surface area contributed by atoms with E-state index in [1.165, 1.54) is 12.1 Å². The van der Waals surface area contributed by atoms with Crippen molar-refractivity contribution in [2.45, 2.75) is 0 Å². The summed E-state index contributed by atoms with van der Waals surface area (Å²) in [6.45, 7) is 0. The molecule has 102 valence electrons. The summed E-state index contributed by atoms with van der Waals surface area (Å²) in [5.41, 5.74) is 2.22. The average molecular weight is 298 g/mol. The molecule has 21 heavy (non-hydrogen) atoms. The number of non-ortho nitro benzene ring substituents is 1. The smallest absolute Gasteiger partial charge is 0.270 e. The SMILES string of the molecule is N#Cc1[nH]c2ccc([N+](=O)[O-])cc2c1-c1ccccc1Cl. The summed E-state index contributed by atoms with van der Waals surface area (Å²) >= 11 is 6.19. The fourth-order valence-corrected chi connectivity index (χ4v) is 2.55. The topological polar surface area (TPSA) is 82.7 Å². The molecule has 2 aromatic carbocycles. The molecule has 0 aliphatic heterocycles. The van der Waals surface area contributed by atoms with Crippen LogP contribution in [0.5, 0.6) is 0 Å². The molecular weight excluding hydrogens is 290 g/mol. The van der Waals surface area contributed by atoms with Gasteiger partial charge in [-0.2, -0.15) is 5.26 Å². The minimum atomic E-state index is -0.463. The van der Waals surface area contributed by atoms with Crippen molar-refractivity contribution in [3.63, 3.8) is 0 Å². The van der Waals surface area contributed by atoms with Crippen LogP contribution in [0.1, 0.15) is 5.69 Å². The van der Waals surface area contributed by atoms with E-state index >= 15 is 0 Å². The van der Waals surface area contributed by atoms with Gasteiger partial charge in [-0.1, -0.05) is 29.8 Å². The first-order valence-corrected chi connectivity index (χ1v) is 6.44. The fraction of sp³-hybridized carbons (Fsp3) is 0. The van der Waals surface area contributed by atoms with Gasteiger partial charge >= 0.3 is 0 Å². The van der Waals surface area contributed by atoms with Crippen LogP contribution in [0.4, 0.5) is 5.69 Å². The molecule has 1 heterocycles. The third-order valence-corrected chi connectivity index (χ3v) is 3.58. The maximum atomic E-state index is 10.9. The number of aromatic amines is 1. The van der Waals surface area contributed by atoms with Crippen LogP contribution in [-0.4, -0.2) is 9.91 Å². The van der Waals surface area contributed by atoms with Gasteiger partial charge in [-0.3, -0.25) is 10.1 Å². The zero-order valence-corrected chi connectivity index (χ0v) is 11.4. The number of nitrogens with zero attached hydrogens (tertiary/aromatic N) is 2. The molecule has 0 fully saturated rings. The second-order valence-corrected chi connectivity index (χ2v) is 4.86. The highest BCUT2D eigenvalue weighted by molar-refractivity contribution is 6.33. The molecule has 0 saturated heterocycles. The normalized spacial score (nSPS) is 10.5. The maximum Gasteiger partial charge on any atom is 0.270 e. The molecule has 0 spiro atoms. The van der Waals surface area contributed by atoms with Crippen LogP contribution in [0.2, 0.25) is 5.02 Å². The van der Waals surface area contributed by atoms with Crippen molar-refractivity contribution in [1.82, 2.24) is 4.98 Å². The zero-order valence-electron chi connectivity index (χ0n) is 10.6. The zero-order chi connectivity index (χ0) is 15.0. The molecule has 3 aromatic rings. The molecule has 0 amide bonds. The van der Waals surface area contributed by atoms with Crippen LogP contribution in [0.15, 0.2) is 42.5 Å². The Bertz CT molecular complexity index is 909. The van der Waals surface area contributed by atoms with Gasteiger partial charge in [0.2, 0.25) is 0 Å². The number of rotatable bonds is 2. The van der Waals surface area contributed by atoms with Gasteiger partial charge in [0.15, 0.2) is 0 Å². The lowest BCUT2D eigenvalue weighted by Gasteiger charge is -2.03. The molecular formula is C15H8ClN3O2. The van der Waals surface area contributed by atoms with E-state index < -0.39 is 4.92 Å². The fourth-order valence-electron chi connectivity index (χ4n) is 2.32. The standard InChI is InChI=1S/C15H8ClN3O2/c16-12-4-2-1-3-10(12)15-11-7-9(19(20)21)5-6-13(11)18-14(15)8-17/h1-7,18H. The first-order valence-electron chi connectivity index (χ1n) is 6.07. The number of benzene rings is 2. The number of hydrogen-bond acceptors (Lipinski definition) is 3. The lowest BCUT2D eigenvalue weighted by Crippen LogP contribution is -1.87. The minimum Gasteiger partial charge on any atom is -0.346 e. The number of nitro benzene ring substituents is 1. The number of H-pyrrole nitrogens is 1. The van der Waals surface area contributed by atoms with Crippen molar-refractivity contribution in [2.24, 2.45) is 0 Å². The molecule has 0 atom stereocenters. The predicted octanol–water partition coefficient (Wildman–Crippen LogP) is 4.27. The van der Waals surface area contributed by atoms with Gasteiger partial charge in [0.1, 0.15) is 11.8 Å². The Morgan fingerprint density at radius 3 is 2.67 bits per heavy atom. The first kappa shape index (κ1) is 13.2. The Morgan fingerprint density at radius 1 is 1.24 bits per heavy atom. The van der Waals surface area contributed by atoms with Gasteiger partial charge in [0, 0.05) is 39.2 Å². The van der Waals surface area contributed by atoms with Crippen molar-refractivity contribution in [2.75, 3.05) is 0 Å². The van der Waals surface area contributed by atoms with E-state index in [0.29, 0.717) is 32.7 Å². The van der Waals surface area contributed by atoms with Crippen molar-refractivity contribution < 1.29 is 4.92 Å². The van der Waals surface area contributed by atoms with Gasteiger partial charge in [0.25, 0.3) is 5.69 Å². The monoisotopic (exact) mass is 297 g/mol. The number of nitrogens with one attached hydrogen (secondary N) is 1. The third kappa shape index (κ3) is 2.12. The number of fused-ring (bicyclic) bond motifs is 1. The van der Waals surface area contributed by atoms with Gasteiger partial charge in [0.05, 0.1) is 4.92 Å². The summed E-state index contributed by atoms with van der Waals surface area (Å²) in [6, 6.07) is 13.6. The highest BCUT2D eigenvalue weighted by Crippen LogP contribution is 2.37. The lowest BCUT2D eigenvalue weighted by molar-refractivity contribution is -0.384. The van der Waals surface area contributed by atoms with E-state index in [2.05, 4.69) is 11.1 Å². The van der Waals surface area contributed by atoms with Gasteiger partial charge in [-0.05, 0) is 12.1 Å². The van der Waals surface area contributed by atoms with E-state index in [1.807, 2.05) is 0 Å². The van der Waals surface area contributed by atoms with E-state index in [1.54, 1.807) is 30.3 Å². The van der Waals surface area contributed by atoms with E-state index in [4.69, 9.17) is 11.6 Å². The summed E-state index contributed by atoms with van der Waals surface area (Å²) in [7, 11) is 0. The Balaban J connectivity index is 2.39. The molecule has 1 aromatic heterocycles. The number of nitriles is 1. The molecule has 1 N–H and O–H groups in total. The summed E-state index contributed by atoms with van der Waals surface area (Å²) in [5.74, 6) is 0. The van der Waals surface area contributed by atoms with E-state index in [9.17, 15) is 15.4 Å². The van der Waals surface area contributed by atoms with E-state index in [-0.39, 0.29) is 5.69 Å². The average Bonchev–Trinajstić information content (AvgIpc) is 2.85. The highest BCUT2D eigenvalue weighted by atomic mass is 35.5. The highest BCUT2D eigenvalue weighted by Gasteiger charge is 2.18. The summed E-state index contributed by atoms with van der Waals surface area (Å²) in [6.07, 6.45) is 0. The molecule has 0 unspecified atom stereocenters. The number of hydrogen-bond donors (Lipinski definition) is 1. The largest absolute Gasteiger partial charge is 0.346 e. The summed E-state index contributed by atoms with van der Waals surface area (Å²) < 4.78 is 0. The summed E-state index contributed by atoms with van der Waals surface area (Å²) in [5, 5.41) is 21.3. The lowest BCUT2D eigenvalue weighted by atomic mass is 10.0. The predicted molar refractivity (Wildman–Crippen MR) is 80.1 cm³/mol.